The molecular weight excluding hydrogens is 380 g/mol. The predicted molar refractivity (Wildman–Crippen MR) is 83.3 cm³/mol. The molecule has 1 N–H and O–H groups in total. The van der Waals surface area contributed by atoms with E-state index >= 15 is 0 Å². The first-order valence-corrected chi connectivity index (χ1v) is 7.62. The molecule has 1 aromatic heterocycles. The molecule has 11 heteroatoms. The summed E-state index contributed by atoms with van der Waals surface area (Å²) in [6.45, 7) is -0.360. The molecule has 1 aromatic carbocycles. The number of carbonyl (C=O) groups is 1. The van der Waals surface area contributed by atoms with Crippen molar-refractivity contribution in [2.45, 2.75) is 39.4 Å². The van der Waals surface area contributed by atoms with E-state index in [-0.39, 0.29) is 11.4 Å². The van der Waals surface area contributed by atoms with Crippen LogP contribution in [0.4, 0.5) is 32.0 Å². The fraction of sp³-hybridized carbons (Fsp3) is 0.375. The summed E-state index contributed by atoms with van der Waals surface area (Å²) in [6, 6.07) is 3.10. The number of aryl methyl sites for hydroxylation is 1. The van der Waals surface area contributed by atoms with Gasteiger partial charge in [-0.05, 0) is 37.6 Å². The van der Waals surface area contributed by atoms with Gasteiger partial charge in [-0.2, -0.15) is 13.9 Å². The van der Waals surface area contributed by atoms with Crippen LogP contribution in [0.2, 0.25) is 0 Å². The van der Waals surface area contributed by atoms with Gasteiger partial charge in [0.05, 0.1) is 5.69 Å². The fourth-order valence-electron chi connectivity index (χ4n) is 2.30. The normalized spacial score (nSPS) is 12.7. The van der Waals surface area contributed by atoms with Crippen LogP contribution in [-0.4, -0.2) is 22.3 Å². The van der Waals surface area contributed by atoms with Crippen molar-refractivity contribution < 1.29 is 35.9 Å². The van der Waals surface area contributed by atoms with E-state index in [2.05, 4.69) is 15.2 Å². The molecule has 1 amide bonds. The van der Waals surface area contributed by atoms with Crippen LogP contribution in [0.1, 0.15) is 42.8 Å². The number of hydrogen-bond acceptors (Lipinski definition) is 3. The summed E-state index contributed by atoms with van der Waals surface area (Å²) in [6.07, 6.45) is -6.24. The van der Waals surface area contributed by atoms with Gasteiger partial charge < -0.3 is 10.1 Å². The summed E-state index contributed by atoms with van der Waals surface area (Å²) in [4.78, 5) is 12.4. The highest BCUT2D eigenvalue weighted by Crippen LogP contribution is 2.30. The second-order valence-electron chi connectivity index (χ2n) is 5.58. The van der Waals surface area contributed by atoms with Crippen molar-refractivity contribution in [3.63, 3.8) is 0 Å². The number of anilines is 1. The zero-order valence-electron chi connectivity index (χ0n) is 14.1. The van der Waals surface area contributed by atoms with Crippen molar-refractivity contribution in [2.24, 2.45) is 0 Å². The molecule has 1 heterocycles. The van der Waals surface area contributed by atoms with E-state index in [1.165, 1.54) is 18.2 Å². The third-order valence-corrected chi connectivity index (χ3v) is 3.59. The maximum absolute atomic E-state index is 13.1. The number of nitrogens with zero attached hydrogens (tertiary/aromatic N) is 2. The van der Waals surface area contributed by atoms with Gasteiger partial charge in [0.25, 0.3) is 12.9 Å². The lowest BCUT2D eigenvalue weighted by Gasteiger charge is -2.17. The fourth-order valence-corrected chi connectivity index (χ4v) is 2.30. The minimum atomic E-state index is -3.15. The number of benzene rings is 1. The minimum Gasteiger partial charge on any atom is -0.433 e. The van der Waals surface area contributed by atoms with Crippen LogP contribution in [0.15, 0.2) is 24.3 Å². The molecule has 2 rings (SSSR count). The molecule has 2 aromatic rings. The maximum atomic E-state index is 13.1. The largest absolute Gasteiger partial charge is 0.433 e. The third kappa shape index (κ3) is 4.92. The summed E-state index contributed by atoms with van der Waals surface area (Å²) >= 11 is 0. The monoisotopic (exact) mass is 395 g/mol. The van der Waals surface area contributed by atoms with Gasteiger partial charge in [0.15, 0.2) is 0 Å². The Labute approximate surface area is 149 Å². The van der Waals surface area contributed by atoms with E-state index in [0.29, 0.717) is 16.3 Å². The van der Waals surface area contributed by atoms with E-state index in [1.54, 1.807) is 6.92 Å². The number of halogens is 6. The van der Waals surface area contributed by atoms with Crippen molar-refractivity contribution in [2.75, 3.05) is 5.32 Å². The Morgan fingerprint density at radius 1 is 1.11 bits per heavy atom. The Bertz CT molecular complexity index is 809. The Morgan fingerprint density at radius 3 is 2.33 bits per heavy atom. The number of ether oxygens (including phenoxy) is 1. The van der Waals surface area contributed by atoms with Crippen LogP contribution in [-0.2, 0) is 4.79 Å². The average Bonchev–Trinajstić information content (AvgIpc) is 3.02. The molecule has 1 atom stereocenters. The number of aromatic nitrogens is 2. The molecule has 0 spiro atoms. The SMILES string of the molecule is Cc1ccc(OC(F)F)c(NC(=O)C(C)n2nc(C(F)F)cc2C(F)F)c1. The van der Waals surface area contributed by atoms with Gasteiger partial charge in [0.2, 0.25) is 5.91 Å². The van der Waals surface area contributed by atoms with Crippen molar-refractivity contribution >= 4 is 11.6 Å². The molecule has 0 bridgehead atoms. The molecule has 27 heavy (non-hydrogen) atoms. The minimum absolute atomic E-state index is 0.119. The zero-order chi connectivity index (χ0) is 20.3. The van der Waals surface area contributed by atoms with E-state index in [1.807, 2.05) is 0 Å². The maximum Gasteiger partial charge on any atom is 0.387 e. The summed E-state index contributed by atoms with van der Waals surface area (Å²) in [5.74, 6) is -1.26. The van der Waals surface area contributed by atoms with Gasteiger partial charge in [0.1, 0.15) is 23.2 Å². The summed E-state index contributed by atoms with van der Waals surface area (Å²) in [5, 5.41) is 5.63. The van der Waals surface area contributed by atoms with Gasteiger partial charge in [0, 0.05) is 0 Å². The van der Waals surface area contributed by atoms with Crippen LogP contribution in [0.3, 0.4) is 0 Å². The van der Waals surface area contributed by atoms with Crippen molar-refractivity contribution in [1.29, 1.82) is 0 Å². The smallest absolute Gasteiger partial charge is 0.387 e. The molecule has 148 valence electrons. The molecule has 0 aliphatic rings. The molecule has 0 aliphatic carbocycles. The molecule has 1 unspecified atom stereocenters. The van der Waals surface area contributed by atoms with E-state index in [4.69, 9.17) is 0 Å². The number of hydrogen-bond donors (Lipinski definition) is 1. The van der Waals surface area contributed by atoms with Gasteiger partial charge in [-0.3, -0.25) is 9.48 Å². The summed E-state index contributed by atoms with van der Waals surface area (Å²) in [5.41, 5.74) is -1.28. The highest BCUT2D eigenvalue weighted by atomic mass is 19.3. The summed E-state index contributed by atoms with van der Waals surface area (Å²) < 4.78 is 81.4. The zero-order valence-corrected chi connectivity index (χ0v) is 14.1. The second-order valence-corrected chi connectivity index (χ2v) is 5.58. The molecule has 0 saturated carbocycles. The summed E-state index contributed by atoms with van der Waals surface area (Å²) in [7, 11) is 0. The van der Waals surface area contributed by atoms with Crippen LogP contribution in [0, 0.1) is 6.92 Å². The van der Waals surface area contributed by atoms with Crippen LogP contribution < -0.4 is 10.1 Å². The topological polar surface area (TPSA) is 56.1 Å². The van der Waals surface area contributed by atoms with Crippen molar-refractivity contribution in [3.05, 3.63) is 41.2 Å². The van der Waals surface area contributed by atoms with E-state index < -0.39 is 42.8 Å². The Hall–Kier alpha value is -2.72. The number of alkyl halides is 6. The van der Waals surface area contributed by atoms with E-state index in [0.717, 1.165) is 6.92 Å². The average molecular weight is 395 g/mol. The second kappa shape index (κ2) is 8.31. The van der Waals surface area contributed by atoms with Crippen LogP contribution in [0.25, 0.3) is 0 Å². The quantitative estimate of drug-likeness (QED) is 0.681. The van der Waals surface area contributed by atoms with Crippen LogP contribution in [0.5, 0.6) is 5.75 Å². The van der Waals surface area contributed by atoms with Gasteiger partial charge in [-0.15, -0.1) is 0 Å². The molecule has 0 radical (unpaired) electrons. The first-order valence-electron chi connectivity index (χ1n) is 7.62. The van der Waals surface area contributed by atoms with Crippen molar-refractivity contribution in [3.8, 4) is 5.75 Å². The molecular formula is C16H15F6N3O2. The van der Waals surface area contributed by atoms with Crippen LogP contribution >= 0.6 is 0 Å². The lowest BCUT2D eigenvalue weighted by Crippen LogP contribution is -2.26. The van der Waals surface area contributed by atoms with Gasteiger partial charge in [-0.25, -0.2) is 17.6 Å². The van der Waals surface area contributed by atoms with Crippen molar-refractivity contribution in [1.82, 2.24) is 9.78 Å². The Balaban J connectivity index is 2.30. The highest BCUT2D eigenvalue weighted by Gasteiger charge is 2.27. The number of carbonyl (C=O) groups excluding carboxylic acids is 1. The first-order chi connectivity index (χ1) is 12.6. The predicted octanol–water partition coefficient (Wildman–Crippen LogP) is 4.87. The third-order valence-electron chi connectivity index (χ3n) is 3.59. The van der Waals surface area contributed by atoms with Gasteiger partial charge >= 0.3 is 6.61 Å². The molecule has 0 aliphatic heterocycles. The lowest BCUT2D eigenvalue weighted by molar-refractivity contribution is -0.119. The Morgan fingerprint density at radius 2 is 1.78 bits per heavy atom. The Kier molecular flexibility index (Phi) is 6.34. The highest BCUT2D eigenvalue weighted by molar-refractivity contribution is 5.95. The lowest BCUT2D eigenvalue weighted by atomic mass is 10.2. The number of nitrogens with one attached hydrogen (secondary N) is 1. The molecule has 0 fully saturated rings. The molecule has 5 nitrogen and oxygen atoms in total. The standard InChI is InChI=1S/C16H15F6N3O2/c1-7-3-4-12(27-16(21)22)9(5-7)23-15(26)8(2)25-11(14(19)20)6-10(24-25)13(17)18/h3-6,8,13-14,16H,1-2H3,(H,23,26). The number of rotatable bonds is 7. The van der Waals surface area contributed by atoms with Gasteiger partial charge in [-0.1, -0.05) is 6.07 Å². The molecule has 0 saturated heterocycles. The van der Waals surface area contributed by atoms with E-state index in [9.17, 15) is 31.1 Å². The first kappa shape index (κ1) is 20.6. The number of amides is 1.